The van der Waals surface area contributed by atoms with Crippen LogP contribution in [0, 0.1) is 6.92 Å². The molecule has 0 aliphatic heterocycles. The Morgan fingerprint density at radius 2 is 1.70 bits per heavy atom. The molecule has 2 aromatic carbocycles. The Balaban J connectivity index is 1.68. The van der Waals surface area contributed by atoms with Gasteiger partial charge in [0.05, 0.1) is 14.2 Å². The Labute approximate surface area is 157 Å². The van der Waals surface area contributed by atoms with Crippen LogP contribution in [0.5, 0.6) is 11.5 Å². The third kappa shape index (κ3) is 4.52. The van der Waals surface area contributed by atoms with Gasteiger partial charge in [-0.25, -0.2) is 0 Å². The van der Waals surface area contributed by atoms with Gasteiger partial charge < -0.3 is 20.1 Å². The van der Waals surface area contributed by atoms with Gasteiger partial charge in [0.1, 0.15) is 0 Å². The third-order valence-electron chi connectivity index (χ3n) is 3.83. The first kappa shape index (κ1) is 18.2. The van der Waals surface area contributed by atoms with Crippen LogP contribution in [0.2, 0.25) is 0 Å². The molecule has 7 nitrogen and oxygen atoms in total. The molecule has 0 fully saturated rings. The molecule has 0 bridgehead atoms. The molecule has 1 amide bonds. The predicted molar refractivity (Wildman–Crippen MR) is 104 cm³/mol. The standard InChI is InChI=1S/C20H20N4O3/c1-13-5-4-6-14(11-13)21-19-10-8-16(23-24-19)20(25)22-15-7-9-17(26-2)18(12-15)27-3/h4-12H,1-3H3,(H,21,24)(H,22,25). The number of benzene rings is 2. The molecule has 0 saturated heterocycles. The predicted octanol–water partition coefficient (Wildman–Crippen LogP) is 3.80. The molecule has 7 heteroatoms. The smallest absolute Gasteiger partial charge is 0.276 e. The number of amides is 1. The van der Waals surface area contributed by atoms with Crippen molar-refractivity contribution in [2.45, 2.75) is 6.92 Å². The summed E-state index contributed by atoms with van der Waals surface area (Å²) in [4.78, 5) is 12.4. The molecule has 138 valence electrons. The minimum absolute atomic E-state index is 0.208. The van der Waals surface area contributed by atoms with Crippen LogP contribution < -0.4 is 20.1 Å². The van der Waals surface area contributed by atoms with Crippen LogP contribution in [0.3, 0.4) is 0 Å². The zero-order valence-electron chi connectivity index (χ0n) is 15.3. The van der Waals surface area contributed by atoms with Crippen molar-refractivity contribution in [2.75, 3.05) is 24.9 Å². The van der Waals surface area contributed by atoms with Crippen molar-refractivity contribution in [3.05, 3.63) is 65.9 Å². The molecule has 1 aromatic heterocycles. The van der Waals surface area contributed by atoms with Crippen LogP contribution in [0.15, 0.2) is 54.6 Å². The van der Waals surface area contributed by atoms with Gasteiger partial charge in [-0.3, -0.25) is 4.79 Å². The molecule has 0 aliphatic carbocycles. The first-order chi connectivity index (χ1) is 13.1. The Kier molecular flexibility index (Phi) is 5.51. The summed E-state index contributed by atoms with van der Waals surface area (Å²) in [5.41, 5.74) is 2.83. The van der Waals surface area contributed by atoms with Gasteiger partial charge in [-0.05, 0) is 48.9 Å². The van der Waals surface area contributed by atoms with Crippen molar-refractivity contribution in [3.8, 4) is 11.5 Å². The zero-order valence-corrected chi connectivity index (χ0v) is 15.3. The van der Waals surface area contributed by atoms with Crippen LogP contribution >= 0.6 is 0 Å². The van der Waals surface area contributed by atoms with Crippen molar-refractivity contribution < 1.29 is 14.3 Å². The summed E-state index contributed by atoms with van der Waals surface area (Å²) in [5.74, 6) is 1.31. The van der Waals surface area contributed by atoms with E-state index in [9.17, 15) is 4.79 Å². The van der Waals surface area contributed by atoms with Crippen molar-refractivity contribution in [2.24, 2.45) is 0 Å². The second kappa shape index (κ2) is 8.18. The van der Waals surface area contributed by atoms with E-state index >= 15 is 0 Å². The molecule has 0 radical (unpaired) electrons. The quantitative estimate of drug-likeness (QED) is 0.692. The van der Waals surface area contributed by atoms with E-state index in [4.69, 9.17) is 9.47 Å². The second-order valence-electron chi connectivity index (χ2n) is 5.82. The number of methoxy groups -OCH3 is 2. The highest BCUT2D eigenvalue weighted by Gasteiger charge is 2.11. The van der Waals surface area contributed by atoms with Crippen LogP contribution in [0.1, 0.15) is 16.1 Å². The molecule has 0 spiro atoms. The van der Waals surface area contributed by atoms with Gasteiger partial charge in [0.25, 0.3) is 5.91 Å². The van der Waals surface area contributed by atoms with E-state index in [1.807, 2.05) is 31.2 Å². The average molecular weight is 364 g/mol. The van der Waals surface area contributed by atoms with E-state index in [1.165, 1.54) is 7.11 Å². The maximum Gasteiger partial charge on any atom is 0.276 e. The third-order valence-corrected chi connectivity index (χ3v) is 3.83. The van der Waals surface area contributed by atoms with Gasteiger partial charge in [0, 0.05) is 17.4 Å². The van der Waals surface area contributed by atoms with Crippen LogP contribution in [-0.4, -0.2) is 30.3 Å². The molecular weight excluding hydrogens is 344 g/mol. The van der Waals surface area contributed by atoms with Crippen LogP contribution in [0.25, 0.3) is 0 Å². The number of nitrogens with zero attached hydrogens (tertiary/aromatic N) is 2. The lowest BCUT2D eigenvalue weighted by atomic mass is 10.2. The monoisotopic (exact) mass is 364 g/mol. The van der Waals surface area contributed by atoms with E-state index in [0.29, 0.717) is 23.0 Å². The molecule has 3 rings (SSSR count). The molecule has 0 atom stereocenters. The maximum absolute atomic E-state index is 12.4. The Morgan fingerprint density at radius 3 is 2.37 bits per heavy atom. The fourth-order valence-corrected chi connectivity index (χ4v) is 2.50. The SMILES string of the molecule is COc1ccc(NC(=O)c2ccc(Nc3cccc(C)c3)nn2)cc1OC. The van der Waals surface area contributed by atoms with Gasteiger partial charge in [0.15, 0.2) is 23.0 Å². The molecule has 1 heterocycles. The topological polar surface area (TPSA) is 85.4 Å². The van der Waals surface area contributed by atoms with E-state index < -0.39 is 0 Å². The second-order valence-corrected chi connectivity index (χ2v) is 5.82. The van der Waals surface area contributed by atoms with Gasteiger partial charge in [-0.1, -0.05) is 12.1 Å². The number of hydrogen-bond acceptors (Lipinski definition) is 6. The number of nitrogens with one attached hydrogen (secondary N) is 2. The highest BCUT2D eigenvalue weighted by Crippen LogP contribution is 2.29. The lowest BCUT2D eigenvalue weighted by Crippen LogP contribution is -2.14. The van der Waals surface area contributed by atoms with E-state index in [1.54, 1.807) is 37.4 Å². The van der Waals surface area contributed by atoms with Gasteiger partial charge in [-0.2, -0.15) is 0 Å². The molecule has 0 unspecified atom stereocenters. The van der Waals surface area contributed by atoms with Crippen molar-refractivity contribution in [3.63, 3.8) is 0 Å². The van der Waals surface area contributed by atoms with Gasteiger partial charge in [0.2, 0.25) is 0 Å². The number of carbonyl (C=O) groups excluding carboxylic acids is 1. The minimum Gasteiger partial charge on any atom is -0.493 e. The molecule has 27 heavy (non-hydrogen) atoms. The molecule has 2 N–H and O–H groups in total. The molecule has 0 aliphatic rings. The summed E-state index contributed by atoms with van der Waals surface area (Å²) in [7, 11) is 3.09. The number of rotatable bonds is 6. The van der Waals surface area contributed by atoms with Crippen molar-refractivity contribution in [1.29, 1.82) is 0 Å². The Hall–Kier alpha value is -3.61. The fraction of sp³-hybridized carbons (Fsp3) is 0.150. The van der Waals surface area contributed by atoms with E-state index in [2.05, 4.69) is 20.8 Å². The van der Waals surface area contributed by atoms with Gasteiger partial charge >= 0.3 is 0 Å². The summed E-state index contributed by atoms with van der Waals surface area (Å²) in [6.07, 6.45) is 0. The largest absolute Gasteiger partial charge is 0.493 e. The highest BCUT2D eigenvalue weighted by molar-refractivity contribution is 6.03. The van der Waals surface area contributed by atoms with Crippen LogP contribution in [0.4, 0.5) is 17.2 Å². The summed E-state index contributed by atoms with van der Waals surface area (Å²) in [6.45, 7) is 2.01. The summed E-state index contributed by atoms with van der Waals surface area (Å²) in [6, 6.07) is 16.3. The fourth-order valence-electron chi connectivity index (χ4n) is 2.50. The van der Waals surface area contributed by atoms with Crippen molar-refractivity contribution in [1.82, 2.24) is 10.2 Å². The Bertz CT molecular complexity index is 942. The number of hydrogen-bond donors (Lipinski definition) is 2. The number of carbonyl (C=O) groups is 1. The number of aromatic nitrogens is 2. The number of aryl methyl sites for hydroxylation is 1. The average Bonchev–Trinajstić information content (AvgIpc) is 2.68. The molecule has 3 aromatic rings. The lowest BCUT2D eigenvalue weighted by molar-refractivity contribution is 0.102. The first-order valence-electron chi connectivity index (χ1n) is 8.30. The molecule has 0 saturated carbocycles. The summed E-state index contributed by atoms with van der Waals surface area (Å²) in [5, 5.41) is 14.0. The van der Waals surface area contributed by atoms with Crippen molar-refractivity contribution >= 4 is 23.1 Å². The first-order valence-corrected chi connectivity index (χ1v) is 8.30. The molecular formula is C20H20N4O3. The minimum atomic E-state index is -0.364. The zero-order chi connectivity index (χ0) is 19.2. The lowest BCUT2D eigenvalue weighted by Gasteiger charge is -2.10. The highest BCUT2D eigenvalue weighted by atomic mass is 16.5. The summed E-state index contributed by atoms with van der Waals surface area (Å²) >= 11 is 0. The van der Waals surface area contributed by atoms with Crippen LogP contribution in [-0.2, 0) is 0 Å². The Morgan fingerprint density at radius 1 is 0.889 bits per heavy atom. The van der Waals surface area contributed by atoms with E-state index in [0.717, 1.165) is 11.3 Å². The van der Waals surface area contributed by atoms with E-state index in [-0.39, 0.29) is 11.6 Å². The number of anilines is 3. The normalized spacial score (nSPS) is 10.2. The number of ether oxygens (including phenoxy) is 2. The maximum atomic E-state index is 12.4. The van der Waals surface area contributed by atoms with Gasteiger partial charge in [-0.15, -0.1) is 10.2 Å². The summed E-state index contributed by atoms with van der Waals surface area (Å²) < 4.78 is 10.4.